The van der Waals surface area contributed by atoms with Crippen molar-refractivity contribution < 1.29 is 9.53 Å². The van der Waals surface area contributed by atoms with Gasteiger partial charge in [0.05, 0.1) is 12.7 Å². The zero-order valence-corrected chi connectivity index (χ0v) is 15.9. The van der Waals surface area contributed by atoms with Crippen LogP contribution in [0, 0.1) is 0 Å². The first kappa shape index (κ1) is 18.7. The molecule has 0 aromatic heterocycles. The van der Waals surface area contributed by atoms with E-state index >= 15 is 0 Å². The average molecular weight is 341 g/mol. The van der Waals surface area contributed by atoms with Gasteiger partial charge in [-0.05, 0) is 21.8 Å². The first-order valence-corrected chi connectivity index (χ1v) is 10.4. The Morgan fingerprint density at radius 1 is 1.00 bits per heavy atom. The Bertz CT molecular complexity index is 592. The minimum atomic E-state index is -2.54. The minimum Gasteiger partial charge on any atom is -0.405 e. The molecule has 0 aliphatic rings. The van der Waals surface area contributed by atoms with Crippen LogP contribution in [0.5, 0.6) is 0 Å². The normalized spacial score (nSPS) is 13.5. The topological polar surface area (TPSA) is 29.5 Å². The first-order valence-electron chi connectivity index (χ1n) is 8.46. The number of rotatable bonds is 7. The molecule has 0 bridgehead atoms. The summed E-state index contributed by atoms with van der Waals surface area (Å²) >= 11 is 0. The third-order valence-electron chi connectivity index (χ3n) is 4.35. The maximum Gasteiger partial charge on any atom is 0.261 e. The maximum absolute atomic E-state index is 10.2. The standard InChI is InChI=1S/C21H28O2Si/c1-5-12-18(22)17-23-24(21(2,3)4,19-13-8-6-9-14-19)20-15-10-7-11-16-20/h5-11,13-16,18,22H,1,12,17H2,2-4H3. The predicted molar refractivity (Wildman–Crippen MR) is 104 cm³/mol. The van der Waals surface area contributed by atoms with E-state index in [0.717, 1.165) is 0 Å². The molecule has 0 saturated carbocycles. The fourth-order valence-corrected chi connectivity index (χ4v) is 7.84. The smallest absolute Gasteiger partial charge is 0.261 e. The van der Waals surface area contributed by atoms with Gasteiger partial charge in [-0.25, -0.2) is 0 Å². The summed E-state index contributed by atoms with van der Waals surface area (Å²) in [4.78, 5) is 0. The van der Waals surface area contributed by atoms with Crippen LogP contribution in [0.3, 0.4) is 0 Å². The van der Waals surface area contributed by atoms with E-state index in [1.807, 2.05) is 12.1 Å². The Balaban J connectivity index is 2.55. The molecule has 0 amide bonds. The highest BCUT2D eigenvalue weighted by Gasteiger charge is 2.50. The minimum absolute atomic E-state index is 0.0659. The molecule has 1 atom stereocenters. The van der Waals surface area contributed by atoms with Gasteiger partial charge in [0.25, 0.3) is 8.32 Å². The molecule has 2 nitrogen and oxygen atoms in total. The summed E-state index contributed by atoms with van der Waals surface area (Å²) in [6.45, 7) is 10.7. The van der Waals surface area contributed by atoms with Gasteiger partial charge in [0.2, 0.25) is 0 Å². The van der Waals surface area contributed by atoms with Crippen LogP contribution in [-0.2, 0) is 4.43 Å². The van der Waals surface area contributed by atoms with Crippen molar-refractivity contribution in [3.05, 3.63) is 73.3 Å². The van der Waals surface area contributed by atoms with Crippen molar-refractivity contribution in [2.45, 2.75) is 38.3 Å². The quantitative estimate of drug-likeness (QED) is 0.617. The third kappa shape index (κ3) is 3.86. The largest absolute Gasteiger partial charge is 0.405 e. The fourth-order valence-electron chi connectivity index (χ4n) is 3.24. The lowest BCUT2D eigenvalue weighted by molar-refractivity contribution is 0.105. The van der Waals surface area contributed by atoms with E-state index < -0.39 is 14.4 Å². The van der Waals surface area contributed by atoms with Gasteiger partial charge in [0, 0.05) is 0 Å². The SMILES string of the molecule is C=CCC(O)CO[Si](c1ccccc1)(c1ccccc1)C(C)(C)C. The van der Waals surface area contributed by atoms with Gasteiger partial charge < -0.3 is 9.53 Å². The predicted octanol–water partition coefficient (Wildman–Crippen LogP) is 3.50. The zero-order valence-electron chi connectivity index (χ0n) is 14.9. The number of benzene rings is 2. The average Bonchev–Trinajstić information content (AvgIpc) is 2.56. The monoisotopic (exact) mass is 340 g/mol. The Morgan fingerprint density at radius 2 is 1.46 bits per heavy atom. The molecule has 0 fully saturated rings. The summed E-state index contributed by atoms with van der Waals surface area (Å²) in [6.07, 6.45) is 1.75. The van der Waals surface area contributed by atoms with Crippen LogP contribution in [0.4, 0.5) is 0 Å². The maximum atomic E-state index is 10.2. The summed E-state index contributed by atoms with van der Waals surface area (Å²) in [5.74, 6) is 0. The molecule has 1 unspecified atom stereocenters. The summed E-state index contributed by atoms with van der Waals surface area (Å²) in [5.41, 5.74) is 0. The second-order valence-corrected chi connectivity index (χ2v) is 11.5. The molecule has 0 radical (unpaired) electrons. The van der Waals surface area contributed by atoms with E-state index in [1.165, 1.54) is 10.4 Å². The van der Waals surface area contributed by atoms with Gasteiger partial charge in [-0.1, -0.05) is 87.5 Å². The van der Waals surface area contributed by atoms with Crippen LogP contribution in [0.2, 0.25) is 5.04 Å². The number of aliphatic hydroxyl groups is 1. The molecular formula is C21H28O2Si. The van der Waals surface area contributed by atoms with Gasteiger partial charge in [-0.2, -0.15) is 0 Å². The van der Waals surface area contributed by atoms with Gasteiger partial charge in [-0.3, -0.25) is 0 Å². The molecule has 2 rings (SSSR count). The number of hydrogen-bond acceptors (Lipinski definition) is 2. The van der Waals surface area contributed by atoms with Gasteiger partial charge in [-0.15, -0.1) is 6.58 Å². The van der Waals surface area contributed by atoms with Gasteiger partial charge in [0.15, 0.2) is 0 Å². The molecule has 128 valence electrons. The van der Waals surface area contributed by atoms with Gasteiger partial charge >= 0.3 is 0 Å². The Labute approximate surface area is 146 Å². The first-order chi connectivity index (χ1) is 11.4. The number of aliphatic hydroxyl groups excluding tert-OH is 1. The van der Waals surface area contributed by atoms with E-state index in [0.29, 0.717) is 13.0 Å². The summed E-state index contributed by atoms with van der Waals surface area (Å²) in [6, 6.07) is 20.9. The van der Waals surface area contributed by atoms with Crippen molar-refractivity contribution in [3.63, 3.8) is 0 Å². The Hall–Kier alpha value is -1.68. The Morgan fingerprint density at radius 3 is 1.83 bits per heavy atom. The highest BCUT2D eigenvalue weighted by molar-refractivity contribution is 6.99. The highest BCUT2D eigenvalue weighted by atomic mass is 28.4. The van der Waals surface area contributed by atoms with Crippen molar-refractivity contribution in [1.29, 1.82) is 0 Å². The van der Waals surface area contributed by atoms with E-state index in [-0.39, 0.29) is 5.04 Å². The van der Waals surface area contributed by atoms with E-state index in [4.69, 9.17) is 4.43 Å². The summed E-state index contributed by atoms with van der Waals surface area (Å²) in [5, 5.41) is 12.6. The van der Waals surface area contributed by atoms with Crippen molar-refractivity contribution in [2.75, 3.05) is 6.61 Å². The number of hydrogen-bond donors (Lipinski definition) is 1. The highest BCUT2D eigenvalue weighted by Crippen LogP contribution is 2.36. The molecule has 24 heavy (non-hydrogen) atoms. The lowest BCUT2D eigenvalue weighted by Crippen LogP contribution is -2.67. The summed E-state index contributed by atoms with van der Waals surface area (Å²) in [7, 11) is -2.54. The van der Waals surface area contributed by atoms with E-state index in [9.17, 15) is 5.11 Å². The van der Waals surface area contributed by atoms with Gasteiger partial charge in [0.1, 0.15) is 0 Å². The lowest BCUT2D eigenvalue weighted by Gasteiger charge is -2.43. The molecule has 2 aromatic rings. The third-order valence-corrected chi connectivity index (χ3v) is 9.35. The second-order valence-electron chi connectivity index (χ2n) is 7.15. The second kappa shape index (κ2) is 7.93. The van der Waals surface area contributed by atoms with Crippen molar-refractivity contribution in [2.24, 2.45) is 0 Å². The van der Waals surface area contributed by atoms with Crippen molar-refractivity contribution in [3.8, 4) is 0 Å². The molecule has 1 N–H and O–H groups in total. The van der Waals surface area contributed by atoms with Crippen LogP contribution in [-0.4, -0.2) is 26.1 Å². The van der Waals surface area contributed by atoms with Crippen molar-refractivity contribution >= 4 is 18.7 Å². The molecule has 0 heterocycles. The van der Waals surface area contributed by atoms with E-state index in [1.54, 1.807) is 6.08 Å². The Kier molecular flexibility index (Phi) is 6.16. The van der Waals surface area contributed by atoms with E-state index in [2.05, 4.69) is 75.9 Å². The molecular weight excluding hydrogens is 312 g/mol. The fraction of sp³-hybridized carbons (Fsp3) is 0.333. The molecule has 0 aliphatic heterocycles. The van der Waals surface area contributed by atoms with Crippen LogP contribution in [0.15, 0.2) is 73.3 Å². The van der Waals surface area contributed by atoms with Crippen LogP contribution < -0.4 is 10.4 Å². The molecule has 0 spiro atoms. The molecule has 2 aromatic carbocycles. The molecule has 0 aliphatic carbocycles. The van der Waals surface area contributed by atoms with Crippen LogP contribution in [0.1, 0.15) is 27.2 Å². The lowest BCUT2D eigenvalue weighted by atomic mass is 10.2. The zero-order chi connectivity index (χ0) is 17.6. The molecule has 3 heteroatoms. The van der Waals surface area contributed by atoms with Crippen LogP contribution >= 0.6 is 0 Å². The van der Waals surface area contributed by atoms with Crippen LogP contribution in [0.25, 0.3) is 0 Å². The molecule has 0 saturated heterocycles. The van der Waals surface area contributed by atoms with Crippen molar-refractivity contribution in [1.82, 2.24) is 0 Å². The summed E-state index contributed by atoms with van der Waals surface area (Å²) < 4.78 is 6.62.